The van der Waals surface area contributed by atoms with Gasteiger partial charge in [0, 0.05) is 41.8 Å². The van der Waals surface area contributed by atoms with Crippen LogP contribution >= 0.6 is 23.4 Å². The molecule has 1 fully saturated rings. The van der Waals surface area contributed by atoms with Gasteiger partial charge < -0.3 is 9.80 Å². The van der Waals surface area contributed by atoms with Crippen LogP contribution in [0.1, 0.15) is 44.9 Å². The maximum Gasteiger partial charge on any atom is 0.417 e. The molecule has 8 nitrogen and oxygen atoms in total. The number of piperazine rings is 1. The van der Waals surface area contributed by atoms with E-state index in [-0.39, 0.29) is 52.3 Å². The maximum atomic E-state index is 15.3. The Labute approximate surface area is 272 Å². The number of halogens is 5. The minimum absolute atomic E-state index is 0.0690. The summed E-state index contributed by atoms with van der Waals surface area (Å²) in [5.74, 6) is -1.40. The number of aromatic nitrogens is 4. The third-order valence-electron chi connectivity index (χ3n) is 7.98. The van der Waals surface area contributed by atoms with Crippen molar-refractivity contribution in [2.45, 2.75) is 56.8 Å². The molecule has 1 aliphatic heterocycles. The Hall–Kier alpha value is -3.97. The van der Waals surface area contributed by atoms with Crippen molar-refractivity contribution in [1.82, 2.24) is 24.4 Å². The first-order valence-electron chi connectivity index (χ1n) is 14.4. The van der Waals surface area contributed by atoms with Crippen molar-refractivity contribution in [1.29, 1.82) is 0 Å². The fourth-order valence-electron chi connectivity index (χ4n) is 5.81. The Bertz CT molecular complexity index is 1910. The molecule has 0 saturated carbocycles. The SMILES string of the molecule is C=CC(=O)N1C[C@H](C)N(c2nc(=O)n(-c3c(SC)ccnc3C(C)C)c3nc(-c4c(F)cccc4C(F)(F)F)c(Cl)cc23)C[C@H]1C. The number of carbonyl (C=O) groups excluding carboxylic acids is 1. The first-order chi connectivity index (χ1) is 21.7. The normalized spacial score (nSPS) is 17.2. The quantitative estimate of drug-likeness (QED) is 0.122. The number of thioether (sulfide) groups is 1. The molecule has 0 aliphatic carbocycles. The van der Waals surface area contributed by atoms with Gasteiger partial charge in [-0.2, -0.15) is 18.2 Å². The van der Waals surface area contributed by atoms with E-state index in [0.717, 1.165) is 18.2 Å². The first-order valence-corrected chi connectivity index (χ1v) is 16.0. The molecule has 1 aliphatic rings. The lowest BCUT2D eigenvalue weighted by Gasteiger charge is -2.44. The average Bonchev–Trinajstić information content (AvgIpc) is 3.00. The summed E-state index contributed by atoms with van der Waals surface area (Å²) in [6.07, 6.45) is -0.262. The topological polar surface area (TPSA) is 84.2 Å². The van der Waals surface area contributed by atoms with Crippen molar-refractivity contribution in [3.63, 3.8) is 0 Å². The summed E-state index contributed by atoms with van der Waals surface area (Å²) >= 11 is 8.00. The standard InChI is InChI=1S/C32H31ClF4N6O2S/c1-7-24(44)41-14-18(5)42(15-17(41)4)29-19-13-21(33)27(25-20(32(35,36)37)9-8-10-22(25)34)39-30(19)43(31(45)40-29)28-23(46-6)11-12-38-26(28)16(2)3/h7-13,16-18H,1,14-15H2,2-6H3/t17-,18+/m1/s1. The molecule has 14 heteroatoms. The van der Waals surface area contributed by atoms with E-state index in [1.165, 1.54) is 28.5 Å². The van der Waals surface area contributed by atoms with Crippen molar-refractivity contribution < 1.29 is 22.4 Å². The summed E-state index contributed by atoms with van der Waals surface area (Å²) in [5.41, 5.74) is -2.51. The molecule has 2 atom stereocenters. The van der Waals surface area contributed by atoms with Crippen LogP contribution in [0.4, 0.5) is 23.4 Å². The third-order valence-corrected chi connectivity index (χ3v) is 9.04. The molecule has 1 amide bonds. The second-order valence-corrected chi connectivity index (χ2v) is 12.6. The summed E-state index contributed by atoms with van der Waals surface area (Å²) in [7, 11) is 0. The highest BCUT2D eigenvalue weighted by molar-refractivity contribution is 7.98. The molecule has 0 bridgehead atoms. The molecular weight excluding hydrogens is 644 g/mol. The monoisotopic (exact) mass is 674 g/mol. The van der Waals surface area contributed by atoms with Crippen LogP contribution in [0.5, 0.6) is 0 Å². The van der Waals surface area contributed by atoms with Gasteiger partial charge >= 0.3 is 11.9 Å². The van der Waals surface area contributed by atoms with Gasteiger partial charge in [-0.05, 0) is 56.4 Å². The molecule has 1 aromatic carbocycles. The number of rotatable bonds is 6. The van der Waals surface area contributed by atoms with Gasteiger partial charge in [-0.15, -0.1) is 11.8 Å². The highest BCUT2D eigenvalue weighted by atomic mass is 35.5. The lowest BCUT2D eigenvalue weighted by atomic mass is 10.0. The Morgan fingerprint density at radius 2 is 1.87 bits per heavy atom. The van der Waals surface area contributed by atoms with Crippen molar-refractivity contribution in [3.05, 3.63) is 81.8 Å². The van der Waals surface area contributed by atoms with Gasteiger partial charge in [0.1, 0.15) is 11.6 Å². The fraction of sp³-hybridized carbons (Fsp3) is 0.344. The predicted molar refractivity (Wildman–Crippen MR) is 172 cm³/mol. The largest absolute Gasteiger partial charge is 0.417 e. The van der Waals surface area contributed by atoms with Crippen molar-refractivity contribution in [3.8, 4) is 16.9 Å². The van der Waals surface area contributed by atoms with Crippen molar-refractivity contribution >= 4 is 46.1 Å². The van der Waals surface area contributed by atoms with E-state index in [0.29, 0.717) is 22.8 Å². The number of anilines is 1. The summed E-state index contributed by atoms with van der Waals surface area (Å²) in [6, 6.07) is 5.06. The molecule has 5 rings (SSSR count). The van der Waals surface area contributed by atoms with Crippen molar-refractivity contribution in [2.75, 3.05) is 24.2 Å². The smallest absolute Gasteiger partial charge is 0.349 e. The predicted octanol–water partition coefficient (Wildman–Crippen LogP) is 7.11. The van der Waals surface area contributed by atoms with E-state index >= 15 is 4.39 Å². The zero-order valence-electron chi connectivity index (χ0n) is 25.7. The number of amides is 1. The summed E-state index contributed by atoms with van der Waals surface area (Å²) < 4.78 is 59.0. The number of carbonyl (C=O) groups is 1. The summed E-state index contributed by atoms with van der Waals surface area (Å²) in [6.45, 7) is 11.6. The molecule has 46 heavy (non-hydrogen) atoms. The van der Waals surface area contributed by atoms with Crippen LogP contribution in [-0.4, -0.2) is 61.8 Å². The Kier molecular flexibility index (Phi) is 9.20. The summed E-state index contributed by atoms with van der Waals surface area (Å²) in [5, 5.41) is -0.00992. The highest BCUT2D eigenvalue weighted by Gasteiger charge is 2.37. The minimum Gasteiger partial charge on any atom is -0.349 e. The number of fused-ring (bicyclic) bond motifs is 1. The average molecular weight is 675 g/mol. The van der Waals surface area contributed by atoms with Crippen LogP contribution in [0.3, 0.4) is 0 Å². The van der Waals surface area contributed by atoms with E-state index in [1.807, 2.05) is 38.9 Å². The Morgan fingerprint density at radius 1 is 1.15 bits per heavy atom. The number of hydrogen-bond donors (Lipinski definition) is 0. The Morgan fingerprint density at radius 3 is 2.50 bits per heavy atom. The van der Waals surface area contributed by atoms with Crippen LogP contribution in [-0.2, 0) is 11.0 Å². The van der Waals surface area contributed by atoms with Crippen LogP contribution in [0.25, 0.3) is 28.0 Å². The summed E-state index contributed by atoms with van der Waals surface area (Å²) in [4.78, 5) is 44.4. The minimum atomic E-state index is -4.92. The van der Waals surface area contributed by atoms with Crippen LogP contribution < -0.4 is 10.6 Å². The van der Waals surface area contributed by atoms with Gasteiger partial charge in [-0.1, -0.05) is 38.1 Å². The Balaban J connectivity index is 1.89. The van der Waals surface area contributed by atoms with E-state index in [1.54, 1.807) is 17.2 Å². The van der Waals surface area contributed by atoms with Gasteiger partial charge in [0.05, 0.1) is 33.0 Å². The molecule has 4 heterocycles. The zero-order valence-corrected chi connectivity index (χ0v) is 27.3. The second-order valence-electron chi connectivity index (χ2n) is 11.4. The second kappa shape index (κ2) is 12.7. The lowest BCUT2D eigenvalue weighted by Crippen LogP contribution is -2.58. The molecule has 1 saturated heterocycles. The molecular formula is C32H31ClF4N6O2S. The van der Waals surface area contributed by atoms with Crippen LogP contribution in [0, 0.1) is 5.82 Å². The molecule has 242 valence electrons. The maximum absolute atomic E-state index is 15.3. The molecule has 0 N–H and O–H groups in total. The number of pyridine rings is 2. The van der Waals surface area contributed by atoms with E-state index < -0.39 is 34.5 Å². The number of alkyl halides is 3. The lowest BCUT2D eigenvalue weighted by molar-refractivity contribution is -0.137. The van der Waals surface area contributed by atoms with Crippen LogP contribution in [0.15, 0.2) is 58.9 Å². The molecule has 0 radical (unpaired) electrons. The van der Waals surface area contributed by atoms with Gasteiger partial charge in [0.2, 0.25) is 5.91 Å². The third kappa shape index (κ3) is 5.86. The highest BCUT2D eigenvalue weighted by Crippen LogP contribution is 2.42. The van der Waals surface area contributed by atoms with Gasteiger partial charge in [-0.25, -0.2) is 18.7 Å². The van der Waals surface area contributed by atoms with Gasteiger partial charge in [0.15, 0.2) is 5.65 Å². The molecule has 4 aromatic rings. The van der Waals surface area contributed by atoms with Crippen LogP contribution in [0.2, 0.25) is 5.02 Å². The first kappa shape index (κ1) is 33.4. The van der Waals surface area contributed by atoms with Gasteiger partial charge in [0.25, 0.3) is 0 Å². The molecule has 0 unspecified atom stereocenters. The molecule has 3 aromatic heterocycles. The number of hydrogen-bond acceptors (Lipinski definition) is 7. The van der Waals surface area contributed by atoms with E-state index in [9.17, 15) is 22.8 Å². The van der Waals surface area contributed by atoms with E-state index in [2.05, 4.69) is 21.5 Å². The fourth-order valence-corrected chi connectivity index (χ4v) is 6.64. The van der Waals surface area contributed by atoms with Gasteiger partial charge in [-0.3, -0.25) is 9.78 Å². The number of benzene rings is 1. The molecule has 0 spiro atoms. The zero-order chi connectivity index (χ0) is 33.7. The number of nitrogens with zero attached hydrogens (tertiary/aromatic N) is 6. The van der Waals surface area contributed by atoms with Crippen molar-refractivity contribution in [2.24, 2.45) is 0 Å². The van der Waals surface area contributed by atoms with E-state index in [4.69, 9.17) is 11.6 Å².